The summed E-state index contributed by atoms with van der Waals surface area (Å²) in [5.41, 5.74) is 4.86. The van der Waals surface area contributed by atoms with E-state index in [2.05, 4.69) is 15.0 Å². The van der Waals surface area contributed by atoms with Gasteiger partial charge in [-0.3, -0.25) is 4.57 Å². The van der Waals surface area contributed by atoms with E-state index in [1.165, 1.54) is 23.4 Å². The van der Waals surface area contributed by atoms with Gasteiger partial charge in [0.25, 0.3) is 0 Å². The van der Waals surface area contributed by atoms with Crippen LogP contribution in [0.2, 0.25) is 0 Å². The smallest absolute Gasteiger partial charge is 0.348 e. The fourth-order valence-electron chi connectivity index (χ4n) is 1.95. The van der Waals surface area contributed by atoms with Gasteiger partial charge >= 0.3 is 5.97 Å². The Labute approximate surface area is 113 Å². The van der Waals surface area contributed by atoms with Gasteiger partial charge in [-0.15, -0.1) is 0 Å². The molecule has 2 heterocycles. The summed E-state index contributed by atoms with van der Waals surface area (Å²) in [5, 5.41) is 0. The molecule has 1 fully saturated rings. The van der Waals surface area contributed by atoms with Gasteiger partial charge in [0.15, 0.2) is 17.0 Å². The number of fused-ring (bicyclic) bond motifs is 1. The molecule has 0 spiro atoms. The molecule has 2 aromatic rings. The molecule has 0 aromatic carbocycles. The maximum absolute atomic E-state index is 14.2. The Kier molecular flexibility index (Phi) is 2.66. The van der Waals surface area contributed by atoms with E-state index in [-0.39, 0.29) is 18.8 Å². The van der Waals surface area contributed by atoms with Gasteiger partial charge < -0.3 is 10.5 Å². The van der Waals surface area contributed by atoms with Gasteiger partial charge in [0.1, 0.15) is 12.7 Å². The molecule has 3 rings (SSSR count). The number of carbonyl (C=O) groups excluding carboxylic acids is 1. The normalized spacial score (nSPS) is 23.2. The minimum Gasteiger partial charge on any atom is -0.463 e. The molecule has 0 bridgehead atoms. The fourth-order valence-corrected chi connectivity index (χ4v) is 1.95. The highest BCUT2D eigenvalue weighted by atomic mass is 19.1. The van der Waals surface area contributed by atoms with Crippen LogP contribution in [-0.4, -0.2) is 37.8 Å². The highest BCUT2D eigenvalue weighted by Gasteiger charge is 2.58. The predicted molar refractivity (Wildman–Crippen MR) is 69.1 cm³/mol. The zero-order valence-electron chi connectivity index (χ0n) is 10.7. The Morgan fingerprint density at radius 1 is 1.60 bits per heavy atom. The number of nitrogen functional groups attached to an aromatic ring is 1. The van der Waals surface area contributed by atoms with Crippen LogP contribution < -0.4 is 5.73 Å². The summed E-state index contributed by atoms with van der Waals surface area (Å²) in [5.74, 6) is -0.607. The maximum Gasteiger partial charge on any atom is 0.348 e. The number of halogens is 1. The second kappa shape index (κ2) is 4.26. The summed E-state index contributed by atoms with van der Waals surface area (Å²) < 4.78 is 20.4. The van der Waals surface area contributed by atoms with Gasteiger partial charge in [0.05, 0.1) is 6.61 Å². The number of carbonyl (C=O) groups is 1. The summed E-state index contributed by atoms with van der Waals surface area (Å²) >= 11 is 0. The quantitative estimate of drug-likeness (QED) is 0.838. The van der Waals surface area contributed by atoms with Crippen LogP contribution in [0.25, 0.3) is 17.4 Å². The van der Waals surface area contributed by atoms with E-state index in [9.17, 15) is 9.18 Å². The first-order valence-corrected chi connectivity index (χ1v) is 6.06. The lowest BCUT2D eigenvalue weighted by molar-refractivity contribution is -0.150. The SMILES string of the molecule is CCOC(=O)C1(F)C/C1=C\n1cnc2c(N)ncnc21. The second-order valence-electron chi connectivity index (χ2n) is 4.44. The summed E-state index contributed by atoms with van der Waals surface area (Å²) in [6.07, 6.45) is 4.26. The minimum absolute atomic E-state index is 0.0199. The number of rotatable bonds is 3. The summed E-state index contributed by atoms with van der Waals surface area (Å²) in [7, 11) is 0. The van der Waals surface area contributed by atoms with Crippen LogP contribution >= 0.6 is 0 Å². The van der Waals surface area contributed by atoms with Crippen molar-refractivity contribution in [3.8, 4) is 0 Å². The number of hydrogen-bond acceptors (Lipinski definition) is 6. The van der Waals surface area contributed by atoms with Crippen molar-refractivity contribution in [2.45, 2.75) is 19.0 Å². The van der Waals surface area contributed by atoms with Crippen molar-refractivity contribution in [3.63, 3.8) is 0 Å². The number of aromatic nitrogens is 4. The lowest BCUT2D eigenvalue weighted by Gasteiger charge is -2.03. The number of alkyl halides is 1. The molecule has 8 heteroatoms. The first-order chi connectivity index (χ1) is 9.56. The van der Waals surface area contributed by atoms with Crippen molar-refractivity contribution in [1.82, 2.24) is 19.5 Å². The van der Waals surface area contributed by atoms with Crippen molar-refractivity contribution in [3.05, 3.63) is 18.2 Å². The molecule has 0 amide bonds. The van der Waals surface area contributed by atoms with Crippen LogP contribution in [0.4, 0.5) is 10.2 Å². The molecule has 1 unspecified atom stereocenters. The lowest BCUT2D eigenvalue weighted by Crippen LogP contribution is -2.20. The summed E-state index contributed by atoms with van der Waals surface area (Å²) in [4.78, 5) is 23.4. The zero-order valence-corrected chi connectivity index (χ0v) is 10.7. The largest absolute Gasteiger partial charge is 0.463 e. The summed E-state index contributed by atoms with van der Waals surface area (Å²) in [6.45, 7) is 1.78. The Balaban J connectivity index is 1.93. The number of hydrogen-bond donors (Lipinski definition) is 1. The van der Waals surface area contributed by atoms with Crippen LogP contribution in [0.15, 0.2) is 18.2 Å². The summed E-state index contributed by atoms with van der Waals surface area (Å²) in [6, 6.07) is 0. The fraction of sp³-hybridized carbons (Fsp3) is 0.333. The molecule has 0 saturated heterocycles. The van der Waals surface area contributed by atoms with Gasteiger partial charge in [-0.25, -0.2) is 24.1 Å². The van der Waals surface area contributed by atoms with E-state index >= 15 is 0 Å². The number of nitrogens with zero attached hydrogens (tertiary/aromatic N) is 4. The molecule has 7 nitrogen and oxygen atoms in total. The molecule has 0 aliphatic heterocycles. The van der Waals surface area contributed by atoms with Crippen LogP contribution in [-0.2, 0) is 9.53 Å². The average Bonchev–Trinajstić information content (AvgIpc) is 2.89. The van der Waals surface area contributed by atoms with Crippen LogP contribution in [0.3, 0.4) is 0 Å². The first kappa shape index (κ1) is 12.5. The van der Waals surface area contributed by atoms with Crippen LogP contribution in [0.1, 0.15) is 13.3 Å². The average molecular weight is 277 g/mol. The van der Waals surface area contributed by atoms with E-state index in [4.69, 9.17) is 10.5 Å². The third-order valence-corrected chi connectivity index (χ3v) is 3.10. The third-order valence-electron chi connectivity index (χ3n) is 3.10. The molecule has 20 heavy (non-hydrogen) atoms. The monoisotopic (exact) mass is 277 g/mol. The van der Waals surface area contributed by atoms with Crippen LogP contribution in [0.5, 0.6) is 0 Å². The molecule has 2 aromatic heterocycles. The van der Waals surface area contributed by atoms with Crippen molar-refractivity contribution in [1.29, 1.82) is 0 Å². The molecule has 2 N–H and O–H groups in total. The number of nitrogens with two attached hydrogens (primary N) is 1. The molecule has 104 valence electrons. The predicted octanol–water partition coefficient (Wildman–Crippen LogP) is 0.924. The molecule has 1 atom stereocenters. The van der Waals surface area contributed by atoms with Crippen molar-refractivity contribution >= 4 is 29.2 Å². The molecule has 1 aliphatic rings. The van der Waals surface area contributed by atoms with Gasteiger partial charge in [-0.2, -0.15) is 0 Å². The number of esters is 1. The van der Waals surface area contributed by atoms with E-state index in [1.807, 2.05) is 0 Å². The maximum atomic E-state index is 14.2. The number of imidazole rings is 1. The lowest BCUT2D eigenvalue weighted by atomic mass is 10.3. The number of ether oxygens (including phenoxy) is 1. The molecule has 0 radical (unpaired) electrons. The first-order valence-electron chi connectivity index (χ1n) is 6.06. The van der Waals surface area contributed by atoms with E-state index < -0.39 is 11.6 Å². The Bertz CT molecular complexity index is 726. The highest BCUT2D eigenvalue weighted by molar-refractivity contribution is 5.92. The van der Waals surface area contributed by atoms with E-state index in [1.54, 1.807) is 6.92 Å². The van der Waals surface area contributed by atoms with E-state index in [0.29, 0.717) is 16.7 Å². The topological polar surface area (TPSA) is 95.9 Å². The Hall–Kier alpha value is -2.51. The zero-order chi connectivity index (χ0) is 14.3. The third kappa shape index (κ3) is 1.80. The van der Waals surface area contributed by atoms with Gasteiger partial charge in [-0.05, 0) is 12.5 Å². The van der Waals surface area contributed by atoms with Gasteiger partial charge in [-0.1, -0.05) is 0 Å². The Morgan fingerprint density at radius 2 is 2.40 bits per heavy atom. The molecule has 1 saturated carbocycles. The van der Waals surface area contributed by atoms with Crippen molar-refractivity contribution in [2.75, 3.05) is 12.3 Å². The molecular weight excluding hydrogens is 265 g/mol. The standard InChI is InChI=1S/C12H12FN5O2/c1-2-20-11(19)12(13)3-7(12)4-18-6-17-8-9(14)15-5-16-10(8)18/h4-6H,2-3H2,1H3,(H2,14,15,16)/b7-4+. The Morgan fingerprint density at radius 3 is 3.15 bits per heavy atom. The number of anilines is 1. The van der Waals surface area contributed by atoms with Crippen LogP contribution in [0, 0.1) is 0 Å². The molecular formula is C12H12FN5O2. The highest BCUT2D eigenvalue weighted by Crippen LogP contribution is 2.48. The van der Waals surface area contributed by atoms with Gasteiger partial charge in [0, 0.05) is 12.6 Å². The van der Waals surface area contributed by atoms with Crippen molar-refractivity contribution in [2.24, 2.45) is 0 Å². The van der Waals surface area contributed by atoms with Crippen molar-refractivity contribution < 1.29 is 13.9 Å². The van der Waals surface area contributed by atoms with Gasteiger partial charge in [0.2, 0.25) is 5.67 Å². The second-order valence-corrected chi connectivity index (χ2v) is 4.44. The van der Waals surface area contributed by atoms with E-state index in [0.717, 1.165) is 0 Å². The molecule has 1 aliphatic carbocycles. The minimum atomic E-state index is -2.02.